The first kappa shape index (κ1) is 24.1. The minimum atomic E-state index is -4.12. The van der Waals surface area contributed by atoms with Crippen LogP contribution in [0.15, 0.2) is 83.8 Å². The Bertz CT molecular complexity index is 1370. The number of benzene rings is 3. The zero-order valence-corrected chi connectivity index (χ0v) is 19.8. The van der Waals surface area contributed by atoms with Gasteiger partial charge in [0.25, 0.3) is 5.91 Å². The fraction of sp³-hybridized carbons (Fsp3) is 0.192. The van der Waals surface area contributed by atoms with Crippen molar-refractivity contribution in [2.45, 2.75) is 23.8 Å². The highest BCUT2D eigenvalue weighted by atomic mass is 32.2. The van der Waals surface area contributed by atoms with Crippen LogP contribution in [0.2, 0.25) is 0 Å². The lowest BCUT2D eigenvalue weighted by Crippen LogP contribution is -2.46. The predicted octanol–water partition coefficient (Wildman–Crippen LogP) is 3.13. The van der Waals surface area contributed by atoms with Crippen molar-refractivity contribution < 1.29 is 22.7 Å². The SMILES string of the molecule is COc1ccc(S(=O)(=O)N(CCc2ccccc2)C2CC(=O)N(c3ccc(C#N)cc3)C2=O)cc1. The van der Waals surface area contributed by atoms with E-state index in [1.807, 2.05) is 36.4 Å². The third-order valence-electron chi connectivity index (χ3n) is 5.85. The van der Waals surface area contributed by atoms with E-state index in [-0.39, 0.29) is 17.9 Å². The van der Waals surface area contributed by atoms with Crippen LogP contribution in [0.3, 0.4) is 0 Å². The van der Waals surface area contributed by atoms with Crippen molar-refractivity contribution in [3.8, 4) is 11.8 Å². The Morgan fingerprint density at radius 3 is 2.26 bits per heavy atom. The maximum Gasteiger partial charge on any atom is 0.252 e. The first-order valence-electron chi connectivity index (χ1n) is 10.9. The number of nitrogens with zero attached hydrogens (tertiary/aromatic N) is 3. The Morgan fingerprint density at radius 1 is 1.00 bits per heavy atom. The van der Waals surface area contributed by atoms with Crippen LogP contribution < -0.4 is 9.64 Å². The molecule has 0 spiro atoms. The molecule has 0 radical (unpaired) electrons. The van der Waals surface area contributed by atoms with Crippen LogP contribution in [-0.4, -0.2) is 44.2 Å². The van der Waals surface area contributed by atoms with E-state index in [0.29, 0.717) is 23.4 Å². The van der Waals surface area contributed by atoms with Gasteiger partial charge in [-0.3, -0.25) is 9.59 Å². The predicted molar refractivity (Wildman–Crippen MR) is 129 cm³/mol. The van der Waals surface area contributed by atoms with Crippen LogP contribution >= 0.6 is 0 Å². The molecule has 1 fully saturated rings. The second-order valence-corrected chi connectivity index (χ2v) is 9.86. The molecule has 0 N–H and O–H groups in total. The summed E-state index contributed by atoms with van der Waals surface area (Å²) < 4.78 is 33.6. The van der Waals surface area contributed by atoms with Crippen LogP contribution in [0.25, 0.3) is 0 Å². The maximum atomic E-state index is 13.7. The van der Waals surface area contributed by atoms with Crippen molar-refractivity contribution >= 4 is 27.5 Å². The van der Waals surface area contributed by atoms with Gasteiger partial charge in [-0.15, -0.1) is 0 Å². The molecule has 1 atom stereocenters. The Balaban J connectivity index is 1.68. The molecular formula is C26H23N3O5S. The van der Waals surface area contributed by atoms with Crippen molar-refractivity contribution in [3.63, 3.8) is 0 Å². The molecular weight excluding hydrogens is 466 g/mol. The summed E-state index contributed by atoms with van der Waals surface area (Å²) in [6.45, 7) is 0.0171. The summed E-state index contributed by atoms with van der Waals surface area (Å²) in [5.41, 5.74) is 1.59. The van der Waals surface area contributed by atoms with Crippen LogP contribution in [0.4, 0.5) is 5.69 Å². The van der Waals surface area contributed by atoms with Gasteiger partial charge in [0.15, 0.2) is 0 Å². The molecule has 1 aliphatic rings. The van der Waals surface area contributed by atoms with E-state index in [1.54, 1.807) is 0 Å². The van der Waals surface area contributed by atoms with Gasteiger partial charge in [-0.25, -0.2) is 13.3 Å². The Morgan fingerprint density at radius 2 is 1.66 bits per heavy atom. The normalized spacial score (nSPS) is 15.9. The molecule has 35 heavy (non-hydrogen) atoms. The second kappa shape index (κ2) is 10.1. The minimum Gasteiger partial charge on any atom is -0.497 e. The van der Waals surface area contributed by atoms with Gasteiger partial charge in [-0.05, 0) is 60.5 Å². The highest BCUT2D eigenvalue weighted by Crippen LogP contribution is 2.30. The third-order valence-corrected chi connectivity index (χ3v) is 7.78. The molecule has 178 valence electrons. The highest BCUT2D eigenvalue weighted by molar-refractivity contribution is 7.89. The molecule has 9 heteroatoms. The van der Waals surface area contributed by atoms with Gasteiger partial charge >= 0.3 is 0 Å². The number of sulfonamides is 1. The number of imide groups is 1. The number of methoxy groups -OCH3 is 1. The van der Waals surface area contributed by atoms with Gasteiger partial charge in [-0.1, -0.05) is 30.3 Å². The summed E-state index contributed by atoms with van der Waals surface area (Å²) in [6, 6.07) is 22.1. The maximum absolute atomic E-state index is 13.7. The highest BCUT2D eigenvalue weighted by Gasteiger charge is 2.46. The van der Waals surface area contributed by atoms with Crippen LogP contribution in [-0.2, 0) is 26.0 Å². The average Bonchev–Trinajstić information content (AvgIpc) is 3.18. The van der Waals surface area contributed by atoms with Gasteiger partial charge in [0, 0.05) is 6.54 Å². The van der Waals surface area contributed by atoms with E-state index >= 15 is 0 Å². The van der Waals surface area contributed by atoms with E-state index in [2.05, 4.69) is 0 Å². The summed E-state index contributed by atoms with van der Waals surface area (Å²) in [5, 5.41) is 9.02. The van der Waals surface area contributed by atoms with Crippen LogP contribution in [0.1, 0.15) is 17.5 Å². The van der Waals surface area contributed by atoms with Crippen molar-refractivity contribution in [2.75, 3.05) is 18.6 Å². The molecule has 0 aliphatic carbocycles. The molecule has 2 amide bonds. The summed E-state index contributed by atoms with van der Waals surface area (Å²) in [6.07, 6.45) is 0.0913. The van der Waals surface area contributed by atoms with E-state index in [0.717, 1.165) is 14.8 Å². The molecule has 1 heterocycles. The molecule has 4 rings (SSSR count). The third kappa shape index (κ3) is 4.94. The number of hydrogen-bond acceptors (Lipinski definition) is 6. The molecule has 1 aliphatic heterocycles. The number of rotatable bonds is 8. The van der Waals surface area contributed by atoms with E-state index in [9.17, 15) is 18.0 Å². The summed E-state index contributed by atoms with van der Waals surface area (Å²) in [4.78, 5) is 27.3. The fourth-order valence-electron chi connectivity index (χ4n) is 4.01. The average molecular weight is 490 g/mol. The van der Waals surface area contributed by atoms with Crippen molar-refractivity contribution in [2.24, 2.45) is 0 Å². The van der Waals surface area contributed by atoms with Crippen molar-refractivity contribution in [1.82, 2.24) is 4.31 Å². The molecule has 0 aromatic heterocycles. The Labute approximate surface area is 204 Å². The molecule has 3 aromatic carbocycles. The topological polar surface area (TPSA) is 108 Å². The zero-order chi connectivity index (χ0) is 25.0. The summed E-state index contributed by atoms with van der Waals surface area (Å²) in [5.74, 6) is -0.622. The zero-order valence-electron chi connectivity index (χ0n) is 19.0. The standard InChI is InChI=1S/C26H23N3O5S/c1-34-22-11-13-23(14-12-22)35(32,33)28(16-15-19-5-3-2-4-6-19)24-17-25(30)29(26(24)31)21-9-7-20(18-27)8-10-21/h2-14,24H,15-17H2,1H3. The molecule has 0 saturated carbocycles. The number of amides is 2. The monoisotopic (exact) mass is 489 g/mol. The van der Waals surface area contributed by atoms with Crippen molar-refractivity contribution in [1.29, 1.82) is 5.26 Å². The molecule has 1 unspecified atom stereocenters. The van der Waals surface area contributed by atoms with Gasteiger partial charge in [0.05, 0.1) is 35.7 Å². The number of anilines is 1. The number of ether oxygens (including phenoxy) is 1. The van der Waals surface area contributed by atoms with E-state index in [4.69, 9.17) is 10.00 Å². The van der Waals surface area contributed by atoms with Gasteiger partial charge in [-0.2, -0.15) is 9.57 Å². The second-order valence-electron chi connectivity index (χ2n) is 7.97. The lowest BCUT2D eigenvalue weighted by Gasteiger charge is -2.27. The molecule has 8 nitrogen and oxygen atoms in total. The van der Waals surface area contributed by atoms with E-state index in [1.165, 1.54) is 55.6 Å². The molecule has 0 bridgehead atoms. The molecule has 3 aromatic rings. The number of nitriles is 1. The fourth-order valence-corrected chi connectivity index (χ4v) is 5.59. The Kier molecular flexibility index (Phi) is 6.96. The Hall–Kier alpha value is -4.00. The van der Waals surface area contributed by atoms with Crippen molar-refractivity contribution in [3.05, 3.63) is 90.0 Å². The lowest BCUT2D eigenvalue weighted by atomic mass is 10.1. The number of hydrogen-bond donors (Lipinski definition) is 0. The smallest absolute Gasteiger partial charge is 0.252 e. The molecule has 1 saturated heterocycles. The van der Waals surface area contributed by atoms with E-state index < -0.39 is 27.9 Å². The van der Waals surface area contributed by atoms with Gasteiger partial charge < -0.3 is 4.74 Å². The quantitative estimate of drug-likeness (QED) is 0.450. The lowest BCUT2D eigenvalue weighted by molar-refractivity contribution is -0.122. The largest absolute Gasteiger partial charge is 0.497 e. The van der Waals surface area contributed by atoms with Gasteiger partial charge in [0.1, 0.15) is 11.8 Å². The summed E-state index contributed by atoms with van der Waals surface area (Å²) >= 11 is 0. The first-order chi connectivity index (χ1) is 16.8. The number of carbonyl (C=O) groups is 2. The van der Waals surface area contributed by atoms with Crippen LogP contribution in [0, 0.1) is 11.3 Å². The summed E-state index contributed by atoms with van der Waals surface area (Å²) in [7, 11) is -2.63. The first-order valence-corrected chi connectivity index (χ1v) is 12.4. The number of carbonyl (C=O) groups excluding carboxylic acids is 2. The van der Waals surface area contributed by atoms with Gasteiger partial charge in [0.2, 0.25) is 15.9 Å². The van der Waals surface area contributed by atoms with Crippen LogP contribution in [0.5, 0.6) is 5.75 Å². The minimum absolute atomic E-state index is 0.00318.